The van der Waals surface area contributed by atoms with Gasteiger partial charge in [-0.3, -0.25) is 15.4 Å². The normalized spacial score (nSPS) is 17.0. The first-order chi connectivity index (χ1) is 12.0. The molecule has 0 unspecified atom stereocenters. The lowest BCUT2D eigenvalue weighted by Crippen LogP contribution is -2.42. The Morgan fingerprint density at radius 3 is 2.68 bits per heavy atom. The van der Waals surface area contributed by atoms with E-state index >= 15 is 0 Å². The minimum atomic E-state index is 0.735. The van der Waals surface area contributed by atoms with Crippen LogP contribution in [0, 0.1) is 6.92 Å². The number of rotatable bonds is 5. The standard InChI is InChI=1S/C22H27N3/c1-7-19-12-10-16(4)14-20(19)15-17(5)21(8-2)25-18(6)11-13-22(24-25)23-9-3/h7-8,10-15H,1,6,9H2,2-5H3,(H,23,24)/b17-15+,21-8-. The van der Waals surface area contributed by atoms with Crippen molar-refractivity contribution in [3.63, 3.8) is 0 Å². The minimum Gasteiger partial charge on any atom is -0.277 e. The van der Waals surface area contributed by atoms with Crippen LogP contribution in [0.15, 0.2) is 71.5 Å². The highest BCUT2D eigenvalue weighted by molar-refractivity contribution is 5.94. The molecule has 2 rings (SSSR count). The molecule has 1 heterocycles. The fourth-order valence-electron chi connectivity index (χ4n) is 2.79. The monoisotopic (exact) mass is 333 g/mol. The summed E-state index contributed by atoms with van der Waals surface area (Å²) in [6.07, 6.45) is 10.1. The number of hydrazine groups is 1. The van der Waals surface area contributed by atoms with Crippen LogP contribution in [-0.4, -0.2) is 17.4 Å². The Kier molecular flexibility index (Phi) is 6.18. The predicted molar refractivity (Wildman–Crippen MR) is 110 cm³/mol. The highest BCUT2D eigenvalue weighted by atomic mass is 15.5. The Hall–Kier alpha value is -2.81. The first-order valence-electron chi connectivity index (χ1n) is 8.56. The molecule has 1 aromatic rings. The van der Waals surface area contributed by atoms with Gasteiger partial charge in [-0.05, 0) is 62.6 Å². The number of nitrogens with zero attached hydrogens (tertiary/aromatic N) is 2. The van der Waals surface area contributed by atoms with Crippen molar-refractivity contribution in [2.24, 2.45) is 4.99 Å². The third-order valence-electron chi connectivity index (χ3n) is 4.03. The van der Waals surface area contributed by atoms with Crippen molar-refractivity contribution in [1.29, 1.82) is 0 Å². The summed E-state index contributed by atoms with van der Waals surface area (Å²) in [6.45, 7) is 17.0. The number of benzene rings is 1. The van der Waals surface area contributed by atoms with Gasteiger partial charge in [-0.25, -0.2) is 0 Å². The number of aryl methyl sites for hydroxylation is 1. The van der Waals surface area contributed by atoms with Crippen molar-refractivity contribution in [3.05, 3.63) is 83.2 Å². The maximum absolute atomic E-state index is 4.44. The number of aliphatic imine (C=N–C) groups is 1. The maximum atomic E-state index is 4.44. The van der Waals surface area contributed by atoms with E-state index in [0.717, 1.165) is 40.5 Å². The van der Waals surface area contributed by atoms with Gasteiger partial charge in [0.2, 0.25) is 0 Å². The average molecular weight is 333 g/mol. The van der Waals surface area contributed by atoms with Crippen molar-refractivity contribution in [2.45, 2.75) is 27.7 Å². The second-order valence-electron chi connectivity index (χ2n) is 5.97. The molecular weight excluding hydrogens is 306 g/mol. The molecule has 25 heavy (non-hydrogen) atoms. The van der Waals surface area contributed by atoms with Crippen LogP contribution in [0.3, 0.4) is 0 Å². The van der Waals surface area contributed by atoms with E-state index in [4.69, 9.17) is 0 Å². The predicted octanol–water partition coefficient (Wildman–Crippen LogP) is 5.25. The molecule has 0 fully saturated rings. The quantitative estimate of drug-likeness (QED) is 0.745. The van der Waals surface area contributed by atoms with Gasteiger partial charge in [-0.2, -0.15) is 0 Å². The zero-order chi connectivity index (χ0) is 18.4. The van der Waals surface area contributed by atoms with Crippen molar-refractivity contribution in [3.8, 4) is 0 Å². The molecule has 1 N–H and O–H groups in total. The first kappa shape index (κ1) is 18.5. The summed E-state index contributed by atoms with van der Waals surface area (Å²) in [5, 5.41) is 1.98. The topological polar surface area (TPSA) is 27.6 Å². The highest BCUT2D eigenvalue weighted by Crippen LogP contribution is 2.24. The molecule has 0 radical (unpaired) electrons. The molecule has 3 nitrogen and oxygen atoms in total. The van der Waals surface area contributed by atoms with Gasteiger partial charge in [0.05, 0.1) is 11.4 Å². The first-order valence-corrected chi connectivity index (χ1v) is 8.56. The van der Waals surface area contributed by atoms with Gasteiger partial charge in [0, 0.05) is 6.54 Å². The van der Waals surface area contributed by atoms with Crippen LogP contribution in [0.25, 0.3) is 12.2 Å². The van der Waals surface area contributed by atoms with Crippen LogP contribution in [0.2, 0.25) is 0 Å². The van der Waals surface area contributed by atoms with Crippen LogP contribution in [0.1, 0.15) is 37.5 Å². The van der Waals surface area contributed by atoms with E-state index in [2.05, 4.69) is 67.8 Å². The van der Waals surface area contributed by atoms with Gasteiger partial charge in [0.25, 0.3) is 0 Å². The summed E-state index contributed by atoms with van der Waals surface area (Å²) in [7, 11) is 0. The molecule has 1 aliphatic heterocycles. The molecule has 0 aliphatic carbocycles. The van der Waals surface area contributed by atoms with E-state index in [1.165, 1.54) is 5.56 Å². The van der Waals surface area contributed by atoms with Crippen LogP contribution in [0.4, 0.5) is 0 Å². The molecule has 0 bridgehead atoms. The third kappa shape index (κ3) is 4.38. The van der Waals surface area contributed by atoms with Crippen molar-refractivity contribution < 1.29 is 0 Å². The van der Waals surface area contributed by atoms with E-state index in [0.29, 0.717) is 0 Å². The van der Waals surface area contributed by atoms with Crippen LogP contribution >= 0.6 is 0 Å². The van der Waals surface area contributed by atoms with Gasteiger partial charge in [0.1, 0.15) is 5.84 Å². The Morgan fingerprint density at radius 2 is 2.04 bits per heavy atom. The molecule has 0 aromatic heterocycles. The van der Waals surface area contributed by atoms with Crippen molar-refractivity contribution >= 4 is 18.0 Å². The third-order valence-corrected chi connectivity index (χ3v) is 4.03. The van der Waals surface area contributed by atoms with Crippen LogP contribution < -0.4 is 5.43 Å². The number of allylic oxidation sites excluding steroid dienone is 3. The van der Waals surface area contributed by atoms with Crippen LogP contribution in [0.5, 0.6) is 0 Å². The fourth-order valence-corrected chi connectivity index (χ4v) is 2.79. The molecule has 1 aliphatic rings. The van der Waals surface area contributed by atoms with E-state index in [1.54, 1.807) is 0 Å². The summed E-state index contributed by atoms with van der Waals surface area (Å²) < 4.78 is 0. The van der Waals surface area contributed by atoms with Gasteiger partial charge >= 0.3 is 0 Å². The van der Waals surface area contributed by atoms with E-state index < -0.39 is 0 Å². The molecule has 1 aromatic carbocycles. The second-order valence-corrected chi connectivity index (χ2v) is 5.97. The Morgan fingerprint density at radius 1 is 1.28 bits per heavy atom. The van der Waals surface area contributed by atoms with Gasteiger partial charge < -0.3 is 0 Å². The van der Waals surface area contributed by atoms with Crippen molar-refractivity contribution in [1.82, 2.24) is 10.4 Å². The van der Waals surface area contributed by atoms with Gasteiger partial charge in [-0.1, -0.05) is 49.1 Å². The summed E-state index contributed by atoms with van der Waals surface area (Å²) in [5.74, 6) is 0.837. The highest BCUT2D eigenvalue weighted by Gasteiger charge is 2.17. The van der Waals surface area contributed by atoms with E-state index in [9.17, 15) is 0 Å². The SMILES string of the molecule is C=Cc1ccc(C)cc1/C=C(C)/C(=C/C)N1NC(=NCC)C=CC1=C. The Balaban J connectivity index is 2.39. The van der Waals surface area contributed by atoms with Crippen LogP contribution in [-0.2, 0) is 0 Å². The lowest BCUT2D eigenvalue weighted by molar-refractivity contribution is 0.396. The molecule has 0 spiro atoms. The molecular formula is C22H27N3. The summed E-state index contributed by atoms with van der Waals surface area (Å²) >= 11 is 0. The summed E-state index contributed by atoms with van der Waals surface area (Å²) in [6, 6.07) is 6.38. The average Bonchev–Trinajstić information content (AvgIpc) is 2.59. The zero-order valence-corrected chi connectivity index (χ0v) is 15.6. The molecule has 0 saturated heterocycles. The van der Waals surface area contributed by atoms with Crippen molar-refractivity contribution in [2.75, 3.05) is 6.54 Å². The smallest absolute Gasteiger partial charge is 0.140 e. The largest absolute Gasteiger partial charge is 0.277 e. The van der Waals surface area contributed by atoms with Gasteiger partial charge in [0.15, 0.2) is 0 Å². The summed E-state index contributed by atoms with van der Waals surface area (Å²) in [5.41, 5.74) is 9.91. The molecule has 0 saturated carbocycles. The summed E-state index contributed by atoms with van der Waals surface area (Å²) in [4.78, 5) is 4.44. The Bertz CT molecular complexity index is 791. The second kappa shape index (κ2) is 8.34. The zero-order valence-electron chi connectivity index (χ0n) is 15.6. The van der Waals surface area contributed by atoms with E-state index in [-0.39, 0.29) is 0 Å². The van der Waals surface area contributed by atoms with Gasteiger partial charge in [-0.15, -0.1) is 0 Å². The molecule has 130 valence electrons. The van der Waals surface area contributed by atoms with E-state index in [1.807, 2.05) is 37.1 Å². The number of hydrogen-bond donors (Lipinski definition) is 1. The number of hydrogen-bond acceptors (Lipinski definition) is 2. The minimum absolute atomic E-state index is 0.735. The Labute approximate surface area is 151 Å². The number of amidine groups is 1. The molecule has 0 amide bonds. The molecule has 0 atom stereocenters. The lowest BCUT2D eigenvalue weighted by Gasteiger charge is -2.32. The maximum Gasteiger partial charge on any atom is 0.140 e. The molecule has 3 heteroatoms. The lowest BCUT2D eigenvalue weighted by atomic mass is 10.0. The fraction of sp³-hybridized carbons (Fsp3) is 0.227. The number of nitrogens with one attached hydrogen (secondary N) is 1.